The summed E-state index contributed by atoms with van der Waals surface area (Å²) in [5, 5.41) is 11.3. The highest BCUT2D eigenvalue weighted by molar-refractivity contribution is 5.90. The van der Waals surface area contributed by atoms with Gasteiger partial charge in [0, 0.05) is 10.9 Å². The molecular formula is C23H28NO5+. The van der Waals surface area contributed by atoms with Crippen LogP contribution in [0.5, 0.6) is 17.2 Å². The predicted octanol–water partition coefficient (Wildman–Crippen LogP) is 2.92. The Kier molecular flexibility index (Phi) is 6.13. The molecule has 3 aromatic rings. The molecule has 29 heavy (non-hydrogen) atoms. The van der Waals surface area contributed by atoms with Crippen molar-refractivity contribution < 1.29 is 23.9 Å². The Hall–Kier alpha value is -2.99. The van der Waals surface area contributed by atoms with Crippen molar-refractivity contribution in [2.45, 2.75) is 27.3 Å². The number of aryl methyl sites for hydroxylation is 1. The van der Waals surface area contributed by atoms with Crippen LogP contribution in [0.15, 0.2) is 39.5 Å². The minimum Gasteiger partial charge on any atom is -0.507 e. The summed E-state index contributed by atoms with van der Waals surface area (Å²) in [6.45, 7) is 8.48. The van der Waals surface area contributed by atoms with Crippen LogP contribution in [0.3, 0.4) is 0 Å². The van der Waals surface area contributed by atoms with Crippen LogP contribution in [-0.4, -0.2) is 32.4 Å². The third-order valence-electron chi connectivity index (χ3n) is 5.52. The highest BCUT2D eigenvalue weighted by Crippen LogP contribution is 2.37. The molecule has 6 heteroatoms. The second-order valence-corrected chi connectivity index (χ2v) is 7.03. The van der Waals surface area contributed by atoms with Crippen molar-refractivity contribution in [2.24, 2.45) is 0 Å². The van der Waals surface area contributed by atoms with Crippen LogP contribution >= 0.6 is 0 Å². The fourth-order valence-electron chi connectivity index (χ4n) is 3.70. The highest BCUT2D eigenvalue weighted by atomic mass is 16.5. The summed E-state index contributed by atoms with van der Waals surface area (Å²) in [7, 11) is 3.14. The lowest BCUT2D eigenvalue weighted by atomic mass is 9.97. The van der Waals surface area contributed by atoms with Gasteiger partial charge in [-0.1, -0.05) is 0 Å². The molecule has 0 aliphatic heterocycles. The summed E-state index contributed by atoms with van der Waals surface area (Å²) in [6.07, 6.45) is 0. The standard InChI is InChI=1S/C23H27NO5/c1-6-24(7-2)13-18-19(25)10-9-16-14(3)21(23(26)29-22(16)18)17-12-15(27-4)8-11-20(17)28-5/h8-12,25H,6-7,13H2,1-5H3/p+1. The molecule has 1 heterocycles. The molecule has 0 aliphatic carbocycles. The molecule has 0 fully saturated rings. The van der Waals surface area contributed by atoms with Crippen LogP contribution in [0.2, 0.25) is 0 Å². The summed E-state index contributed by atoms with van der Waals surface area (Å²) >= 11 is 0. The van der Waals surface area contributed by atoms with Crippen molar-refractivity contribution >= 4 is 11.0 Å². The van der Waals surface area contributed by atoms with E-state index in [1.807, 2.05) is 6.92 Å². The Morgan fingerprint density at radius 3 is 2.41 bits per heavy atom. The van der Waals surface area contributed by atoms with Crippen molar-refractivity contribution in [3.63, 3.8) is 0 Å². The van der Waals surface area contributed by atoms with Crippen LogP contribution in [0.25, 0.3) is 22.1 Å². The molecule has 0 unspecified atom stereocenters. The van der Waals surface area contributed by atoms with Gasteiger partial charge in [0.25, 0.3) is 0 Å². The van der Waals surface area contributed by atoms with Crippen molar-refractivity contribution in [3.8, 4) is 28.4 Å². The van der Waals surface area contributed by atoms with Crippen molar-refractivity contribution in [1.29, 1.82) is 0 Å². The van der Waals surface area contributed by atoms with E-state index in [9.17, 15) is 9.90 Å². The van der Waals surface area contributed by atoms with Gasteiger partial charge in [0.15, 0.2) is 5.58 Å². The van der Waals surface area contributed by atoms with Gasteiger partial charge >= 0.3 is 5.63 Å². The third kappa shape index (κ3) is 3.80. The van der Waals surface area contributed by atoms with Crippen LogP contribution in [-0.2, 0) is 6.54 Å². The van der Waals surface area contributed by atoms with Gasteiger partial charge < -0.3 is 23.9 Å². The third-order valence-corrected chi connectivity index (χ3v) is 5.52. The molecule has 0 atom stereocenters. The SMILES string of the molecule is CC[NH+](CC)Cc1c(O)ccc2c(C)c(-c3cc(OC)ccc3OC)c(=O)oc12. The normalized spacial score (nSPS) is 11.2. The number of aromatic hydroxyl groups is 1. The minimum atomic E-state index is -0.469. The molecule has 6 nitrogen and oxygen atoms in total. The van der Waals surface area contributed by atoms with E-state index in [4.69, 9.17) is 13.9 Å². The summed E-state index contributed by atoms with van der Waals surface area (Å²) in [5.41, 5.74) is 2.45. The number of hydrogen-bond donors (Lipinski definition) is 2. The van der Waals surface area contributed by atoms with E-state index in [-0.39, 0.29) is 5.75 Å². The van der Waals surface area contributed by atoms with Crippen LogP contribution < -0.4 is 20.0 Å². The van der Waals surface area contributed by atoms with E-state index >= 15 is 0 Å². The van der Waals surface area contributed by atoms with E-state index in [0.717, 1.165) is 24.0 Å². The molecule has 0 saturated heterocycles. The van der Waals surface area contributed by atoms with Gasteiger partial charge in [0.2, 0.25) is 0 Å². The Bertz CT molecular complexity index is 1080. The Labute approximate surface area is 170 Å². The second-order valence-electron chi connectivity index (χ2n) is 7.03. The van der Waals surface area contributed by atoms with Gasteiger partial charge in [-0.3, -0.25) is 0 Å². The Balaban J connectivity index is 2.29. The van der Waals surface area contributed by atoms with Crippen LogP contribution in [0.1, 0.15) is 25.0 Å². The molecule has 1 aromatic heterocycles. The van der Waals surface area contributed by atoms with Crippen LogP contribution in [0, 0.1) is 6.92 Å². The number of nitrogens with one attached hydrogen (secondary N) is 1. The number of rotatable bonds is 7. The molecule has 0 amide bonds. The summed E-state index contributed by atoms with van der Waals surface area (Å²) in [5.74, 6) is 1.33. The Morgan fingerprint density at radius 2 is 1.79 bits per heavy atom. The molecule has 2 aromatic carbocycles. The minimum absolute atomic E-state index is 0.145. The Morgan fingerprint density at radius 1 is 1.07 bits per heavy atom. The van der Waals surface area contributed by atoms with E-state index in [2.05, 4.69) is 13.8 Å². The number of phenols is 1. The smallest absolute Gasteiger partial charge is 0.344 e. The molecule has 0 radical (unpaired) electrons. The molecule has 0 aliphatic rings. The summed E-state index contributed by atoms with van der Waals surface area (Å²) in [4.78, 5) is 14.3. The van der Waals surface area contributed by atoms with Gasteiger partial charge in [-0.2, -0.15) is 0 Å². The molecule has 154 valence electrons. The van der Waals surface area contributed by atoms with Gasteiger partial charge in [-0.15, -0.1) is 0 Å². The number of hydrogen-bond acceptors (Lipinski definition) is 5. The number of fused-ring (bicyclic) bond motifs is 1. The maximum Gasteiger partial charge on any atom is 0.344 e. The summed E-state index contributed by atoms with van der Waals surface area (Å²) in [6, 6.07) is 8.78. The molecule has 0 saturated carbocycles. The largest absolute Gasteiger partial charge is 0.507 e. The number of methoxy groups -OCH3 is 2. The topological polar surface area (TPSA) is 73.3 Å². The maximum absolute atomic E-state index is 13.1. The van der Waals surface area contributed by atoms with Crippen LogP contribution in [0.4, 0.5) is 0 Å². The zero-order valence-corrected chi connectivity index (χ0v) is 17.6. The number of phenolic OH excluding ortho intramolecular Hbond substituents is 1. The average molecular weight is 398 g/mol. The first-order chi connectivity index (χ1) is 13.9. The van der Waals surface area contributed by atoms with E-state index in [0.29, 0.717) is 40.3 Å². The van der Waals surface area contributed by atoms with E-state index < -0.39 is 5.63 Å². The first-order valence-corrected chi connectivity index (χ1v) is 9.79. The number of quaternary nitrogens is 1. The molecular weight excluding hydrogens is 370 g/mol. The van der Waals surface area contributed by atoms with E-state index in [1.165, 1.54) is 4.90 Å². The van der Waals surface area contributed by atoms with Crippen molar-refractivity contribution in [2.75, 3.05) is 27.3 Å². The monoisotopic (exact) mass is 398 g/mol. The van der Waals surface area contributed by atoms with Gasteiger partial charge in [-0.25, -0.2) is 4.79 Å². The zero-order chi connectivity index (χ0) is 21.1. The first kappa shape index (κ1) is 20.7. The van der Waals surface area contributed by atoms with E-state index in [1.54, 1.807) is 44.6 Å². The lowest BCUT2D eigenvalue weighted by Crippen LogP contribution is -3.10. The zero-order valence-electron chi connectivity index (χ0n) is 17.6. The lowest BCUT2D eigenvalue weighted by molar-refractivity contribution is -0.910. The fourth-order valence-corrected chi connectivity index (χ4v) is 3.70. The van der Waals surface area contributed by atoms with Gasteiger partial charge in [0.05, 0.1) is 38.4 Å². The van der Waals surface area contributed by atoms with Gasteiger partial charge in [-0.05, 0) is 56.7 Å². The average Bonchev–Trinajstić information content (AvgIpc) is 2.73. The maximum atomic E-state index is 13.1. The summed E-state index contributed by atoms with van der Waals surface area (Å²) < 4.78 is 16.6. The quantitative estimate of drug-likeness (QED) is 0.599. The predicted molar refractivity (Wildman–Crippen MR) is 113 cm³/mol. The van der Waals surface area contributed by atoms with Crippen molar-refractivity contribution in [1.82, 2.24) is 0 Å². The molecule has 0 spiro atoms. The van der Waals surface area contributed by atoms with Gasteiger partial charge in [0.1, 0.15) is 23.8 Å². The number of benzene rings is 2. The lowest BCUT2D eigenvalue weighted by Gasteiger charge is -2.18. The second kappa shape index (κ2) is 8.57. The fraction of sp³-hybridized carbons (Fsp3) is 0.348. The molecule has 0 bridgehead atoms. The molecule has 3 rings (SSSR count). The van der Waals surface area contributed by atoms with Crippen molar-refractivity contribution in [3.05, 3.63) is 51.9 Å². The highest BCUT2D eigenvalue weighted by Gasteiger charge is 2.22. The first-order valence-electron chi connectivity index (χ1n) is 9.79. The molecule has 2 N–H and O–H groups in total. The number of ether oxygens (including phenoxy) is 2.